The molecule has 132 valence electrons. The Bertz CT molecular complexity index is 933. The Morgan fingerprint density at radius 2 is 1.85 bits per heavy atom. The average molecular weight is 354 g/mol. The number of aromatic hydroxyl groups is 1. The fraction of sp³-hybridized carbons (Fsp3) is 0.0556. The number of amides is 1. The molecule has 1 aromatic heterocycles. The van der Waals surface area contributed by atoms with Gasteiger partial charge in [-0.05, 0) is 36.4 Å². The van der Waals surface area contributed by atoms with E-state index in [2.05, 4.69) is 5.32 Å². The van der Waals surface area contributed by atoms with Gasteiger partial charge in [0.15, 0.2) is 5.76 Å². The van der Waals surface area contributed by atoms with Crippen LogP contribution < -0.4 is 10.1 Å². The fourth-order valence-corrected chi connectivity index (χ4v) is 2.16. The number of furan rings is 1. The van der Waals surface area contributed by atoms with Crippen LogP contribution in [0, 0.1) is 10.1 Å². The lowest BCUT2D eigenvalue weighted by Crippen LogP contribution is -2.10. The van der Waals surface area contributed by atoms with Crippen molar-refractivity contribution in [2.45, 2.75) is 6.61 Å². The molecule has 0 unspecified atom stereocenters. The summed E-state index contributed by atoms with van der Waals surface area (Å²) in [6.07, 6.45) is 0. The number of carbonyl (C=O) groups excluding carboxylic acids is 1. The summed E-state index contributed by atoms with van der Waals surface area (Å²) in [5.41, 5.74) is 0.246. The third-order valence-electron chi connectivity index (χ3n) is 3.47. The Balaban J connectivity index is 1.60. The first kappa shape index (κ1) is 17.0. The van der Waals surface area contributed by atoms with Crippen LogP contribution in [0.25, 0.3) is 0 Å². The maximum absolute atomic E-state index is 12.1. The minimum Gasteiger partial charge on any atom is -0.506 e. The van der Waals surface area contributed by atoms with Crippen LogP contribution in [0.2, 0.25) is 0 Å². The number of non-ortho nitro benzene ring substituents is 1. The maximum atomic E-state index is 12.1. The Morgan fingerprint density at radius 1 is 1.12 bits per heavy atom. The number of ether oxygens (including phenoxy) is 1. The molecule has 0 atom stereocenters. The van der Waals surface area contributed by atoms with Gasteiger partial charge in [0.05, 0.1) is 10.6 Å². The number of hydrogen-bond donors (Lipinski definition) is 2. The molecule has 3 aromatic rings. The van der Waals surface area contributed by atoms with Crippen LogP contribution in [0.4, 0.5) is 11.4 Å². The predicted octanol–water partition coefficient (Wildman–Crippen LogP) is 3.72. The highest BCUT2D eigenvalue weighted by molar-refractivity contribution is 6.03. The van der Waals surface area contributed by atoms with E-state index < -0.39 is 10.8 Å². The number of hydrogen-bond acceptors (Lipinski definition) is 6. The molecule has 2 aromatic carbocycles. The second-order valence-electron chi connectivity index (χ2n) is 5.28. The quantitative estimate of drug-likeness (QED) is 0.396. The molecule has 2 N–H and O–H groups in total. The highest BCUT2D eigenvalue weighted by Gasteiger charge is 2.13. The van der Waals surface area contributed by atoms with E-state index in [1.807, 2.05) is 0 Å². The molecule has 0 aliphatic carbocycles. The zero-order valence-corrected chi connectivity index (χ0v) is 13.4. The summed E-state index contributed by atoms with van der Waals surface area (Å²) < 4.78 is 10.9. The van der Waals surface area contributed by atoms with Gasteiger partial charge in [0, 0.05) is 12.1 Å². The van der Waals surface area contributed by atoms with Gasteiger partial charge in [0.1, 0.15) is 23.9 Å². The first-order valence-electron chi connectivity index (χ1n) is 7.58. The van der Waals surface area contributed by atoms with Crippen LogP contribution in [0.15, 0.2) is 65.1 Å². The Labute approximate surface area is 147 Å². The first-order chi connectivity index (χ1) is 12.5. The van der Waals surface area contributed by atoms with Crippen molar-refractivity contribution in [1.29, 1.82) is 0 Å². The fourth-order valence-electron chi connectivity index (χ4n) is 2.16. The van der Waals surface area contributed by atoms with Crippen LogP contribution >= 0.6 is 0 Å². The Hall–Kier alpha value is -3.81. The molecule has 0 radical (unpaired) electrons. The van der Waals surface area contributed by atoms with Crippen LogP contribution in [0.5, 0.6) is 11.5 Å². The lowest BCUT2D eigenvalue weighted by atomic mass is 10.3. The van der Waals surface area contributed by atoms with Gasteiger partial charge < -0.3 is 19.6 Å². The van der Waals surface area contributed by atoms with Gasteiger partial charge in [-0.2, -0.15) is 0 Å². The van der Waals surface area contributed by atoms with E-state index in [0.29, 0.717) is 11.5 Å². The Morgan fingerprint density at radius 3 is 2.54 bits per heavy atom. The normalized spacial score (nSPS) is 10.3. The van der Waals surface area contributed by atoms with Crippen LogP contribution in [-0.4, -0.2) is 15.9 Å². The number of nitrogens with one attached hydrogen (secondary N) is 1. The summed E-state index contributed by atoms with van der Waals surface area (Å²) in [6, 6.07) is 15.1. The summed E-state index contributed by atoms with van der Waals surface area (Å²) >= 11 is 0. The molecule has 0 bridgehead atoms. The molecule has 0 saturated heterocycles. The van der Waals surface area contributed by atoms with Crippen molar-refractivity contribution in [1.82, 2.24) is 0 Å². The second kappa shape index (κ2) is 7.39. The van der Waals surface area contributed by atoms with Gasteiger partial charge in [-0.25, -0.2) is 0 Å². The summed E-state index contributed by atoms with van der Waals surface area (Å²) in [6.45, 7) is 0.0572. The van der Waals surface area contributed by atoms with Crippen molar-refractivity contribution < 1.29 is 24.0 Å². The first-order valence-corrected chi connectivity index (χ1v) is 7.58. The van der Waals surface area contributed by atoms with Crippen molar-refractivity contribution in [3.8, 4) is 11.5 Å². The standard InChI is InChI=1S/C18H14N2O6/c21-16-4-2-1-3-15(16)19-18(22)17-10-9-14(26-17)11-25-13-7-5-12(6-8-13)20(23)24/h1-10,21H,11H2,(H,19,22). The third kappa shape index (κ3) is 3.99. The number of nitro groups is 1. The molecule has 1 heterocycles. The average Bonchev–Trinajstić information content (AvgIpc) is 3.11. The maximum Gasteiger partial charge on any atom is 0.291 e. The number of phenolic OH excluding ortho intramolecular Hbond substituents is 1. The van der Waals surface area contributed by atoms with Crippen LogP contribution in [0.1, 0.15) is 16.3 Å². The minimum atomic E-state index is -0.506. The van der Waals surface area contributed by atoms with E-state index in [1.54, 1.807) is 24.3 Å². The van der Waals surface area contributed by atoms with Gasteiger partial charge in [-0.3, -0.25) is 14.9 Å². The van der Waals surface area contributed by atoms with Crippen LogP contribution in [0.3, 0.4) is 0 Å². The number of anilines is 1. The number of rotatable bonds is 6. The highest BCUT2D eigenvalue weighted by atomic mass is 16.6. The molecule has 0 fully saturated rings. The van der Waals surface area contributed by atoms with Crippen molar-refractivity contribution in [3.05, 3.63) is 82.3 Å². The molecule has 0 saturated carbocycles. The number of para-hydroxylation sites is 2. The molecule has 0 aliphatic rings. The van der Waals surface area contributed by atoms with Gasteiger partial charge in [-0.1, -0.05) is 12.1 Å². The lowest BCUT2D eigenvalue weighted by Gasteiger charge is -2.05. The summed E-state index contributed by atoms with van der Waals surface area (Å²) in [5.74, 6) is 0.357. The third-order valence-corrected chi connectivity index (χ3v) is 3.47. The number of nitrogens with zero attached hydrogens (tertiary/aromatic N) is 1. The Kier molecular flexibility index (Phi) is 4.84. The molecule has 26 heavy (non-hydrogen) atoms. The van der Waals surface area contributed by atoms with Gasteiger partial charge >= 0.3 is 0 Å². The van der Waals surface area contributed by atoms with Crippen molar-refractivity contribution in [2.75, 3.05) is 5.32 Å². The summed E-state index contributed by atoms with van der Waals surface area (Å²) in [4.78, 5) is 22.2. The minimum absolute atomic E-state index is 0.0292. The van der Waals surface area contributed by atoms with E-state index in [1.165, 1.54) is 36.4 Å². The number of carbonyl (C=O) groups is 1. The molecule has 0 spiro atoms. The monoisotopic (exact) mass is 354 g/mol. The van der Waals surface area contributed by atoms with Crippen molar-refractivity contribution >= 4 is 17.3 Å². The molecule has 8 heteroatoms. The molecule has 8 nitrogen and oxygen atoms in total. The van der Waals surface area contributed by atoms with Crippen molar-refractivity contribution in [2.24, 2.45) is 0 Å². The molecule has 0 aliphatic heterocycles. The summed E-state index contributed by atoms with van der Waals surface area (Å²) in [7, 11) is 0. The zero-order chi connectivity index (χ0) is 18.5. The van der Waals surface area contributed by atoms with Crippen molar-refractivity contribution in [3.63, 3.8) is 0 Å². The zero-order valence-electron chi connectivity index (χ0n) is 13.4. The van der Waals surface area contributed by atoms with E-state index >= 15 is 0 Å². The predicted molar refractivity (Wildman–Crippen MR) is 92.2 cm³/mol. The van der Waals surface area contributed by atoms with E-state index in [-0.39, 0.29) is 29.5 Å². The van der Waals surface area contributed by atoms with Gasteiger partial charge in [-0.15, -0.1) is 0 Å². The molecule has 3 rings (SSSR count). The number of phenols is 1. The van der Waals surface area contributed by atoms with Gasteiger partial charge in [0.2, 0.25) is 0 Å². The lowest BCUT2D eigenvalue weighted by molar-refractivity contribution is -0.384. The highest BCUT2D eigenvalue weighted by Crippen LogP contribution is 2.23. The van der Waals surface area contributed by atoms with E-state index in [0.717, 1.165) is 0 Å². The smallest absolute Gasteiger partial charge is 0.291 e. The molecule has 1 amide bonds. The van der Waals surface area contributed by atoms with E-state index in [4.69, 9.17) is 9.15 Å². The number of nitro benzene ring substituents is 1. The number of benzene rings is 2. The summed E-state index contributed by atoms with van der Waals surface area (Å²) in [5, 5.41) is 22.8. The molecular weight excluding hydrogens is 340 g/mol. The van der Waals surface area contributed by atoms with Crippen LogP contribution in [-0.2, 0) is 6.61 Å². The SMILES string of the molecule is O=C(Nc1ccccc1O)c1ccc(COc2ccc([N+](=O)[O-])cc2)o1. The topological polar surface area (TPSA) is 115 Å². The van der Waals surface area contributed by atoms with Gasteiger partial charge in [0.25, 0.3) is 11.6 Å². The van der Waals surface area contributed by atoms with E-state index in [9.17, 15) is 20.0 Å². The molecular formula is C18H14N2O6. The second-order valence-corrected chi connectivity index (χ2v) is 5.28. The largest absolute Gasteiger partial charge is 0.506 e.